The second-order valence-corrected chi connectivity index (χ2v) is 8.27. The van der Waals surface area contributed by atoms with Crippen LogP contribution in [0.25, 0.3) is 10.9 Å². The summed E-state index contributed by atoms with van der Waals surface area (Å²) in [7, 11) is 0. The van der Waals surface area contributed by atoms with E-state index in [1.807, 2.05) is 54.0 Å². The molecule has 2 heterocycles. The lowest BCUT2D eigenvalue weighted by Crippen LogP contribution is -2.34. The zero-order valence-electron chi connectivity index (χ0n) is 18.2. The molecule has 1 atom stereocenters. The number of hydrogen-bond donors (Lipinski definition) is 1. The number of ether oxygens (including phenoxy) is 2. The highest BCUT2D eigenvalue weighted by Gasteiger charge is 2.22. The standard InChI is InChI=1S/C25H28N2O4/c1-16(2)25(18-9-10-22-23(13-18)31-12-6-11-30-22)26-24(29)14-27-17(3)20(15-28)19-7-4-5-8-21(19)27/h4-5,7-10,13,15-16,25H,6,11-12,14H2,1-3H3,(H,26,29)/t25-/m1/s1. The fourth-order valence-corrected chi connectivity index (χ4v) is 4.18. The van der Waals surface area contributed by atoms with E-state index >= 15 is 0 Å². The van der Waals surface area contributed by atoms with E-state index in [0.29, 0.717) is 18.8 Å². The third-order valence-electron chi connectivity index (χ3n) is 5.81. The monoisotopic (exact) mass is 420 g/mol. The van der Waals surface area contributed by atoms with Gasteiger partial charge in [-0.2, -0.15) is 0 Å². The number of aldehydes is 1. The number of fused-ring (bicyclic) bond motifs is 2. The Bertz CT molecular complexity index is 1120. The van der Waals surface area contributed by atoms with Crippen molar-refractivity contribution >= 4 is 23.1 Å². The van der Waals surface area contributed by atoms with E-state index in [9.17, 15) is 9.59 Å². The maximum atomic E-state index is 13.1. The van der Waals surface area contributed by atoms with E-state index < -0.39 is 0 Å². The van der Waals surface area contributed by atoms with Crippen LogP contribution in [0.4, 0.5) is 0 Å². The highest BCUT2D eigenvalue weighted by molar-refractivity contribution is 6.00. The molecule has 2 aromatic carbocycles. The number of amides is 1. The summed E-state index contributed by atoms with van der Waals surface area (Å²) in [5.74, 6) is 1.54. The van der Waals surface area contributed by atoms with Gasteiger partial charge in [0, 0.05) is 28.6 Å². The highest BCUT2D eigenvalue weighted by Crippen LogP contribution is 2.34. The minimum atomic E-state index is -0.169. The SMILES string of the molecule is Cc1c(C=O)c2ccccc2n1CC(=O)N[C@@H](c1ccc2c(c1)OCCCO2)C(C)C. The molecule has 1 N–H and O–H groups in total. The van der Waals surface area contributed by atoms with Gasteiger partial charge in [0.25, 0.3) is 0 Å². The first-order chi connectivity index (χ1) is 15.0. The first-order valence-corrected chi connectivity index (χ1v) is 10.7. The van der Waals surface area contributed by atoms with Crippen molar-refractivity contribution in [2.45, 2.75) is 39.8 Å². The van der Waals surface area contributed by atoms with E-state index in [1.165, 1.54) is 0 Å². The van der Waals surface area contributed by atoms with E-state index in [2.05, 4.69) is 19.2 Å². The van der Waals surface area contributed by atoms with Crippen LogP contribution in [0.2, 0.25) is 0 Å². The van der Waals surface area contributed by atoms with Gasteiger partial charge in [-0.05, 0) is 36.6 Å². The molecular weight excluding hydrogens is 392 g/mol. The molecule has 6 heteroatoms. The van der Waals surface area contributed by atoms with Gasteiger partial charge >= 0.3 is 0 Å². The summed E-state index contributed by atoms with van der Waals surface area (Å²) in [6.45, 7) is 7.44. The van der Waals surface area contributed by atoms with Crippen molar-refractivity contribution in [1.29, 1.82) is 0 Å². The van der Waals surface area contributed by atoms with Gasteiger partial charge in [0.2, 0.25) is 5.91 Å². The van der Waals surface area contributed by atoms with Crippen molar-refractivity contribution in [3.63, 3.8) is 0 Å². The van der Waals surface area contributed by atoms with Crippen LogP contribution in [0, 0.1) is 12.8 Å². The number of benzene rings is 2. The summed E-state index contributed by atoms with van der Waals surface area (Å²) >= 11 is 0. The Kier molecular flexibility index (Phi) is 5.98. The lowest BCUT2D eigenvalue weighted by atomic mass is 9.95. The summed E-state index contributed by atoms with van der Waals surface area (Å²) in [4.78, 5) is 24.7. The number of carbonyl (C=O) groups excluding carboxylic acids is 2. The second-order valence-electron chi connectivity index (χ2n) is 8.27. The Morgan fingerprint density at radius 3 is 2.61 bits per heavy atom. The van der Waals surface area contributed by atoms with Crippen molar-refractivity contribution in [2.24, 2.45) is 5.92 Å². The molecule has 0 bridgehead atoms. The van der Waals surface area contributed by atoms with Gasteiger partial charge in [0.05, 0.1) is 19.3 Å². The summed E-state index contributed by atoms with van der Waals surface area (Å²) in [6, 6.07) is 13.4. The number of carbonyl (C=O) groups is 2. The van der Waals surface area contributed by atoms with Crippen LogP contribution in [-0.4, -0.2) is 30.0 Å². The van der Waals surface area contributed by atoms with Crippen LogP contribution in [-0.2, 0) is 11.3 Å². The molecule has 4 rings (SSSR count). The van der Waals surface area contributed by atoms with Crippen molar-refractivity contribution < 1.29 is 19.1 Å². The van der Waals surface area contributed by atoms with E-state index in [-0.39, 0.29) is 24.4 Å². The zero-order valence-corrected chi connectivity index (χ0v) is 18.2. The van der Waals surface area contributed by atoms with Crippen molar-refractivity contribution in [1.82, 2.24) is 9.88 Å². The summed E-state index contributed by atoms with van der Waals surface area (Å²) in [6.07, 6.45) is 1.71. The molecule has 3 aromatic rings. The van der Waals surface area contributed by atoms with Gasteiger partial charge in [-0.15, -0.1) is 0 Å². The van der Waals surface area contributed by atoms with Crippen LogP contribution in [0.1, 0.15) is 47.9 Å². The van der Waals surface area contributed by atoms with E-state index in [0.717, 1.165) is 46.4 Å². The third-order valence-corrected chi connectivity index (χ3v) is 5.81. The molecule has 162 valence electrons. The van der Waals surface area contributed by atoms with Gasteiger partial charge in [-0.1, -0.05) is 38.1 Å². The molecule has 31 heavy (non-hydrogen) atoms. The highest BCUT2D eigenvalue weighted by atomic mass is 16.5. The molecular formula is C25H28N2O4. The molecule has 0 spiro atoms. The molecule has 0 unspecified atom stereocenters. The van der Waals surface area contributed by atoms with Crippen LogP contribution >= 0.6 is 0 Å². The lowest BCUT2D eigenvalue weighted by molar-refractivity contribution is -0.122. The molecule has 0 saturated heterocycles. The molecule has 6 nitrogen and oxygen atoms in total. The van der Waals surface area contributed by atoms with Crippen LogP contribution in [0.3, 0.4) is 0 Å². The topological polar surface area (TPSA) is 69.6 Å². The van der Waals surface area contributed by atoms with Gasteiger partial charge in [0.1, 0.15) is 6.54 Å². The number of aromatic nitrogens is 1. The maximum absolute atomic E-state index is 13.1. The minimum absolute atomic E-state index is 0.105. The normalized spacial score (nSPS) is 14.3. The number of hydrogen-bond acceptors (Lipinski definition) is 4. The Balaban J connectivity index is 1.58. The minimum Gasteiger partial charge on any atom is -0.490 e. The van der Waals surface area contributed by atoms with Crippen molar-refractivity contribution in [3.8, 4) is 11.5 Å². The first kappa shape index (κ1) is 21.0. The van der Waals surface area contributed by atoms with E-state index in [4.69, 9.17) is 9.47 Å². The summed E-state index contributed by atoms with van der Waals surface area (Å²) < 4.78 is 13.5. The van der Waals surface area contributed by atoms with Crippen LogP contribution in [0.5, 0.6) is 11.5 Å². The molecule has 0 fully saturated rings. The van der Waals surface area contributed by atoms with Crippen molar-refractivity contribution in [3.05, 3.63) is 59.3 Å². The Morgan fingerprint density at radius 1 is 1.13 bits per heavy atom. The van der Waals surface area contributed by atoms with Gasteiger partial charge in [-0.3, -0.25) is 9.59 Å². The zero-order chi connectivity index (χ0) is 22.0. The van der Waals surface area contributed by atoms with Gasteiger partial charge in [0.15, 0.2) is 17.8 Å². The maximum Gasteiger partial charge on any atom is 0.240 e. The fourth-order valence-electron chi connectivity index (χ4n) is 4.18. The number of rotatable bonds is 6. The Morgan fingerprint density at radius 2 is 1.87 bits per heavy atom. The average molecular weight is 421 g/mol. The quantitative estimate of drug-likeness (QED) is 0.599. The first-order valence-electron chi connectivity index (χ1n) is 10.7. The van der Waals surface area contributed by atoms with Crippen LogP contribution in [0.15, 0.2) is 42.5 Å². The summed E-state index contributed by atoms with van der Waals surface area (Å²) in [5, 5.41) is 4.05. The fraction of sp³-hybridized carbons (Fsp3) is 0.360. The predicted octanol–water partition coefficient (Wildman–Crippen LogP) is 4.44. The molecule has 0 aliphatic carbocycles. The van der Waals surface area contributed by atoms with E-state index in [1.54, 1.807) is 0 Å². The smallest absolute Gasteiger partial charge is 0.240 e. The predicted molar refractivity (Wildman–Crippen MR) is 120 cm³/mol. The molecule has 1 aliphatic heterocycles. The Labute approximate surface area is 182 Å². The van der Waals surface area contributed by atoms with Gasteiger partial charge in [-0.25, -0.2) is 0 Å². The third kappa shape index (κ3) is 4.15. The number of nitrogens with zero attached hydrogens (tertiary/aromatic N) is 1. The molecule has 1 aliphatic rings. The molecule has 1 aromatic heterocycles. The second kappa shape index (κ2) is 8.84. The summed E-state index contributed by atoms with van der Waals surface area (Å²) in [5.41, 5.74) is 3.29. The lowest BCUT2D eigenvalue weighted by Gasteiger charge is -2.24. The van der Waals surface area contributed by atoms with Crippen molar-refractivity contribution in [2.75, 3.05) is 13.2 Å². The molecule has 0 radical (unpaired) electrons. The molecule has 1 amide bonds. The van der Waals surface area contributed by atoms with Gasteiger partial charge < -0.3 is 19.4 Å². The number of nitrogens with one attached hydrogen (secondary N) is 1. The number of para-hydroxylation sites is 1. The van der Waals surface area contributed by atoms with Crippen LogP contribution < -0.4 is 14.8 Å². The molecule has 0 saturated carbocycles. The largest absolute Gasteiger partial charge is 0.490 e. The Hall–Kier alpha value is -3.28. The average Bonchev–Trinajstić information content (AvgIpc) is 2.90.